The Bertz CT molecular complexity index is 1340. The molecule has 0 radical (unpaired) electrons. The number of ether oxygens (including phenoxy) is 1. The highest BCUT2D eigenvalue weighted by Gasteiger charge is 2.26. The lowest BCUT2D eigenvalue weighted by atomic mass is 10.0. The smallest absolute Gasteiger partial charge is 0.166 e. The average Bonchev–Trinajstić information content (AvgIpc) is 3.38. The number of piperidine rings is 1. The third-order valence-corrected chi connectivity index (χ3v) is 7.07. The maximum Gasteiger partial charge on any atom is 0.166 e. The Morgan fingerprint density at radius 2 is 1.81 bits per heavy atom. The van der Waals surface area contributed by atoms with E-state index in [-0.39, 0.29) is 0 Å². The van der Waals surface area contributed by atoms with Gasteiger partial charge < -0.3 is 14.2 Å². The Labute approximate surface area is 209 Å². The fourth-order valence-corrected chi connectivity index (χ4v) is 5.14. The first kappa shape index (κ1) is 22.8. The van der Waals surface area contributed by atoms with E-state index in [4.69, 9.17) is 19.7 Å². The van der Waals surface area contributed by atoms with Gasteiger partial charge in [0.1, 0.15) is 0 Å². The molecule has 184 valence electrons. The van der Waals surface area contributed by atoms with Crippen LogP contribution in [0.4, 0.5) is 5.82 Å². The first-order valence-corrected chi connectivity index (χ1v) is 12.5. The third kappa shape index (κ3) is 4.59. The number of nitrogens with zero attached hydrogens (tertiary/aromatic N) is 7. The molecule has 2 aliphatic rings. The number of pyridine rings is 1. The van der Waals surface area contributed by atoms with Gasteiger partial charge in [0, 0.05) is 62.3 Å². The quantitative estimate of drug-likeness (QED) is 0.386. The molecule has 2 fully saturated rings. The van der Waals surface area contributed by atoms with Gasteiger partial charge in [-0.15, -0.1) is 0 Å². The topological polar surface area (TPSA) is 89.3 Å². The van der Waals surface area contributed by atoms with Crippen molar-refractivity contribution < 1.29 is 9.53 Å². The van der Waals surface area contributed by atoms with Gasteiger partial charge in [0.15, 0.2) is 29.1 Å². The summed E-state index contributed by atoms with van der Waals surface area (Å²) in [6.45, 7) is 5.85. The Balaban J connectivity index is 1.32. The summed E-state index contributed by atoms with van der Waals surface area (Å²) in [6, 6.07) is 12.7. The molecule has 2 aliphatic heterocycles. The minimum absolute atomic E-state index is 0.321. The molecule has 0 N–H and O–H groups in total. The van der Waals surface area contributed by atoms with E-state index in [0.717, 1.165) is 74.4 Å². The first-order valence-electron chi connectivity index (χ1n) is 12.5. The molecule has 1 aromatic carbocycles. The zero-order valence-electron chi connectivity index (χ0n) is 20.2. The number of fused-ring (bicyclic) bond motifs is 1. The molecule has 0 unspecified atom stereocenters. The van der Waals surface area contributed by atoms with Crippen LogP contribution >= 0.6 is 0 Å². The second-order valence-corrected chi connectivity index (χ2v) is 9.41. The van der Waals surface area contributed by atoms with Crippen LogP contribution in [0.1, 0.15) is 34.8 Å². The summed E-state index contributed by atoms with van der Waals surface area (Å²) in [5.74, 6) is 1.37. The van der Waals surface area contributed by atoms with Gasteiger partial charge in [-0.05, 0) is 24.5 Å². The van der Waals surface area contributed by atoms with Crippen molar-refractivity contribution in [2.75, 3.05) is 44.3 Å². The van der Waals surface area contributed by atoms with Crippen LogP contribution in [0.3, 0.4) is 0 Å². The Morgan fingerprint density at radius 3 is 2.58 bits per heavy atom. The highest BCUT2D eigenvalue weighted by molar-refractivity contribution is 5.86. The normalized spacial score (nSPS) is 17.5. The van der Waals surface area contributed by atoms with Crippen molar-refractivity contribution >= 4 is 23.3 Å². The second kappa shape index (κ2) is 10.1. The van der Waals surface area contributed by atoms with E-state index < -0.39 is 0 Å². The molecule has 36 heavy (non-hydrogen) atoms. The van der Waals surface area contributed by atoms with E-state index in [1.54, 1.807) is 18.5 Å². The number of imidazole rings is 1. The van der Waals surface area contributed by atoms with Gasteiger partial charge in [-0.2, -0.15) is 0 Å². The number of aldehydes is 1. The van der Waals surface area contributed by atoms with Crippen LogP contribution in [0.5, 0.6) is 0 Å². The summed E-state index contributed by atoms with van der Waals surface area (Å²) in [5, 5.41) is 0. The number of carbonyl (C=O) groups excluding carboxylic acids is 1. The molecule has 9 heteroatoms. The molecule has 0 spiro atoms. The molecule has 0 saturated carbocycles. The van der Waals surface area contributed by atoms with Crippen molar-refractivity contribution in [3.63, 3.8) is 0 Å². The van der Waals surface area contributed by atoms with Crippen LogP contribution in [0.2, 0.25) is 0 Å². The molecule has 0 amide bonds. The summed E-state index contributed by atoms with van der Waals surface area (Å²) in [5.41, 5.74) is 4.22. The summed E-state index contributed by atoms with van der Waals surface area (Å²) >= 11 is 0. The minimum atomic E-state index is 0.321. The number of hydrogen-bond acceptors (Lipinski definition) is 8. The van der Waals surface area contributed by atoms with Crippen molar-refractivity contribution in [2.24, 2.45) is 0 Å². The molecular weight excluding hydrogens is 454 g/mol. The summed E-state index contributed by atoms with van der Waals surface area (Å²) < 4.78 is 7.79. The van der Waals surface area contributed by atoms with Crippen LogP contribution in [0, 0.1) is 0 Å². The van der Waals surface area contributed by atoms with E-state index in [1.807, 2.05) is 6.33 Å². The molecule has 9 nitrogen and oxygen atoms in total. The molecule has 3 aromatic heterocycles. The van der Waals surface area contributed by atoms with E-state index in [1.165, 1.54) is 5.56 Å². The number of anilines is 1. The number of likely N-dealkylation sites (tertiary alicyclic amines) is 1. The molecule has 2 saturated heterocycles. The van der Waals surface area contributed by atoms with Gasteiger partial charge in [0.25, 0.3) is 0 Å². The van der Waals surface area contributed by atoms with E-state index in [2.05, 4.69) is 49.7 Å². The summed E-state index contributed by atoms with van der Waals surface area (Å²) in [7, 11) is 0. The number of aromatic nitrogens is 5. The zero-order chi connectivity index (χ0) is 24.3. The highest BCUT2D eigenvalue weighted by Crippen LogP contribution is 2.32. The van der Waals surface area contributed by atoms with Crippen molar-refractivity contribution in [1.82, 2.24) is 29.4 Å². The Morgan fingerprint density at radius 1 is 1.00 bits per heavy atom. The van der Waals surface area contributed by atoms with Gasteiger partial charge >= 0.3 is 0 Å². The molecule has 0 atom stereocenters. The summed E-state index contributed by atoms with van der Waals surface area (Å²) in [6.07, 6.45) is 8.04. The lowest BCUT2D eigenvalue weighted by Gasteiger charge is -2.32. The number of morpholine rings is 1. The van der Waals surface area contributed by atoms with Crippen molar-refractivity contribution in [1.29, 1.82) is 0 Å². The standard InChI is InChI=1S/C27H29N7O2/c35-18-21-14-22(16-28-15-21)25-30-26(33-10-12-36-13-11-33)24-27(31-25)34(19-29-24)23-6-8-32(9-7-23)17-20-4-2-1-3-5-20/h1-5,14-16,18-19,23H,6-13,17H2. The Kier molecular flexibility index (Phi) is 6.40. The van der Waals surface area contributed by atoms with Crippen molar-refractivity contribution in [2.45, 2.75) is 25.4 Å². The molecule has 6 rings (SSSR count). The van der Waals surface area contributed by atoms with Crippen LogP contribution in [0.25, 0.3) is 22.6 Å². The maximum atomic E-state index is 11.4. The van der Waals surface area contributed by atoms with E-state index >= 15 is 0 Å². The largest absolute Gasteiger partial charge is 0.378 e. The van der Waals surface area contributed by atoms with Gasteiger partial charge in [-0.25, -0.2) is 15.0 Å². The van der Waals surface area contributed by atoms with Crippen molar-refractivity contribution in [3.05, 3.63) is 66.2 Å². The number of rotatable bonds is 6. The lowest BCUT2D eigenvalue weighted by Crippen LogP contribution is -2.37. The van der Waals surface area contributed by atoms with Gasteiger partial charge in [-0.3, -0.25) is 14.7 Å². The summed E-state index contributed by atoms with van der Waals surface area (Å²) in [4.78, 5) is 35.0. The molecule has 0 bridgehead atoms. The van der Waals surface area contributed by atoms with Gasteiger partial charge in [-0.1, -0.05) is 30.3 Å². The van der Waals surface area contributed by atoms with Gasteiger partial charge in [0.2, 0.25) is 0 Å². The fraction of sp³-hybridized carbons (Fsp3) is 0.370. The lowest BCUT2D eigenvalue weighted by molar-refractivity contribution is 0.112. The zero-order valence-corrected chi connectivity index (χ0v) is 20.2. The Hall–Kier alpha value is -3.69. The van der Waals surface area contributed by atoms with Crippen LogP contribution < -0.4 is 4.90 Å². The first-order chi connectivity index (χ1) is 17.8. The predicted octanol–water partition coefficient (Wildman–Crippen LogP) is 3.37. The fourth-order valence-electron chi connectivity index (χ4n) is 5.14. The van der Waals surface area contributed by atoms with E-state index in [0.29, 0.717) is 30.6 Å². The second-order valence-electron chi connectivity index (χ2n) is 9.41. The SMILES string of the molecule is O=Cc1cncc(-c2nc(N3CCOCC3)c3ncn(C4CCN(Cc5ccccc5)CC4)c3n2)c1. The molecular formula is C27H29N7O2. The van der Waals surface area contributed by atoms with Crippen molar-refractivity contribution in [3.8, 4) is 11.4 Å². The van der Waals surface area contributed by atoms with Crippen LogP contribution in [0.15, 0.2) is 55.1 Å². The third-order valence-electron chi connectivity index (χ3n) is 7.07. The number of carbonyl (C=O) groups is 1. The molecule has 5 heterocycles. The predicted molar refractivity (Wildman–Crippen MR) is 137 cm³/mol. The minimum Gasteiger partial charge on any atom is -0.378 e. The molecule has 4 aromatic rings. The number of hydrogen-bond donors (Lipinski definition) is 0. The van der Waals surface area contributed by atoms with E-state index in [9.17, 15) is 4.79 Å². The monoisotopic (exact) mass is 483 g/mol. The van der Waals surface area contributed by atoms with Crippen LogP contribution in [-0.4, -0.2) is 75.1 Å². The average molecular weight is 484 g/mol. The van der Waals surface area contributed by atoms with Gasteiger partial charge in [0.05, 0.1) is 19.5 Å². The van der Waals surface area contributed by atoms with Crippen LogP contribution in [-0.2, 0) is 11.3 Å². The molecule has 0 aliphatic carbocycles. The number of benzene rings is 1. The maximum absolute atomic E-state index is 11.4. The highest BCUT2D eigenvalue weighted by atomic mass is 16.5.